The van der Waals surface area contributed by atoms with Gasteiger partial charge < -0.3 is 9.47 Å². The van der Waals surface area contributed by atoms with E-state index in [0.29, 0.717) is 19.0 Å². The molecule has 0 N–H and O–H groups in total. The summed E-state index contributed by atoms with van der Waals surface area (Å²) >= 11 is 0. The van der Waals surface area contributed by atoms with Gasteiger partial charge in [-0.1, -0.05) is 6.92 Å². The summed E-state index contributed by atoms with van der Waals surface area (Å²) in [5.74, 6) is 0.620. The molecule has 0 aliphatic rings. The van der Waals surface area contributed by atoms with Crippen LogP contribution in [-0.4, -0.2) is 28.2 Å². The maximum absolute atomic E-state index is 11.0. The minimum absolute atomic E-state index is 0.0720. The maximum atomic E-state index is 11.0. The third-order valence-electron chi connectivity index (χ3n) is 2.16. The molecule has 0 atom stereocenters. The number of benzene rings is 1. The minimum atomic E-state index is -3.66. The van der Waals surface area contributed by atoms with Gasteiger partial charge >= 0.3 is 0 Å². The molecular formula is C12H17ClO4S. The van der Waals surface area contributed by atoms with Crippen LogP contribution in [0.3, 0.4) is 0 Å². The molecule has 102 valence electrons. The summed E-state index contributed by atoms with van der Waals surface area (Å²) in [4.78, 5) is 0.0720. The molecule has 0 saturated heterocycles. The summed E-state index contributed by atoms with van der Waals surface area (Å²) in [5.41, 5.74) is 0. The predicted octanol–water partition coefficient (Wildman–Crippen LogP) is 2.81. The topological polar surface area (TPSA) is 52.6 Å². The Balaban J connectivity index is 2.32. The SMILES string of the molecule is CCCOCCCOc1ccc(S(=O)(=O)Cl)cc1. The molecule has 0 heterocycles. The van der Waals surface area contributed by atoms with Crippen LogP contribution in [0.2, 0.25) is 0 Å². The van der Waals surface area contributed by atoms with Crippen LogP contribution in [-0.2, 0) is 13.8 Å². The van der Waals surface area contributed by atoms with Crippen LogP contribution in [0.15, 0.2) is 29.2 Å². The number of hydrogen-bond acceptors (Lipinski definition) is 4. The van der Waals surface area contributed by atoms with Gasteiger partial charge in [-0.3, -0.25) is 0 Å². The smallest absolute Gasteiger partial charge is 0.261 e. The number of hydrogen-bond donors (Lipinski definition) is 0. The quantitative estimate of drug-likeness (QED) is 0.546. The minimum Gasteiger partial charge on any atom is -0.494 e. The molecule has 0 amide bonds. The van der Waals surface area contributed by atoms with Gasteiger partial charge in [0.15, 0.2) is 0 Å². The Morgan fingerprint density at radius 1 is 1.11 bits per heavy atom. The lowest BCUT2D eigenvalue weighted by molar-refractivity contribution is 0.120. The van der Waals surface area contributed by atoms with Crippen LogP contribution >= 0.6 is 10.7 Å². The van der Waals surface area contributed by atoms with Crippen LogP contribution in [0.4, 0.5) is 0 Å². The summed E-state index contributed by atoms with van der Waals surface area (Å²) in [6.07, 6.45) is 1.81. The molecule has 1 rings (SSSR count). The highest BCUT2D eigenvalue weighted by molar-refractivity contribution is 8.13. The fourth-order valence-electron chi connectivity index (χ4n) is 1.30. The molecule has 1 aromatic carbocycles. The third kappa shape index (κ3) is 5.71. The first kappa shape index (κ1) is 15.3. The fraction of sp³-hybridized carbons (Fsp3) is 0.500. The van der Waals surface area contributed by atoms with Crippen LogP contribution in [0.1, 0.15) is 19.8 Å². The molecular weight excluding hydrogens is 276 g/mol. The van der Waals surface area contributed by atoms with Crippen molar-refractivity contribution in [1.82, 2.24) is 0 Å². The number of halogens is 1. The lowest BCUT2D eigenvalue weighted by atomic mass is 10.3. The fourth-order valence-corrected chi connectivity index (χ4v) is 2.07. The van der Waals surface area contributed by atoms with E-state index in [9.17, 15) is 8.42 Å². The molecule has 0 bridgehead atoms. The molecule has 0 radical (unpaired) electrons. The Kier molecular flexibility index (Phi) is 6.46. The van der Waals surface area contributed by atoms with E-state index in [0.717, 1.165) is 19.4 Å². The molecule has 18 heavy (non-hydrogen) atoms. The second-order valence-electron chi connectivity index (χ2n) is 3.72. The number of rotatable bonds is 8. The van der Waals surface area contributed by atoms with Gasteiger partial charge in [0.25, 0.3) is 9.05 Å². The summed E-state index contributed by atoms with van der Waals surface area (Å²) in [6, 6.07) is 6.01. The van der Waals surface area contributed by atoms with E-state index in [1.54, 1.807) is 12.1 Å². The summed E-state index contributed by atoms with van der Waals surface area (Å²) in [5, 5.41) is 0. The normalized spacial score (nSPS) is 11.4. The highest BCUT2D eigenvalue weighted by Crippen LogP contribution is 2.19. The lowest BCUT2D eigenvalue weighted by Gasteiger charge is -2.06. The zero-order valence-corrected chi connectivity index (χ0v) is 11.8. The molecule has 0 unspecified atom stereocenters. The van der Waals surface area contributed by atoms with E-state index in [2.05, 4.69) is 6.92 Å². The van der Waals surface area contributed by atoms with Crippen LogP contribution in [0.25, 0.3) is 0 Å². The molecule has 4 nitrogen and oxygen atoms in total. The van der Waals surface area contributed by atoms with Crippen molar-refractivity contribution in [2.45, 2.75) is 24.7 Å². The van der Waals surface area contributed by atoms with E-state index in [-0.39, 0.29) is 4.90 Å². The zero-order valence-electron chi connectivity index (χ0n) is 10.3. The van der Waals surface area contributed by atoms with Crippen molar-refractivity contribution >= 4 is 19.7 Å². The van der Waals surface area contributed by atoms with Gasteiger partial charge in [0, 0.05) is 30.3 Å². The van der Waals surface area contributed by atoms with E-state index < -0.39 is 9.05 Å². The molecule has 0 saturated carbocycles. The summed E-state index contributed by atoms with van der Waals surface area (Å²) < 4.78 is 32.8. The van der Waals surface area contributed by atoms with E-state index in [1.165, 1.54) is 12.1 Å². The van der Waals surface area contributed by atoms with Crippen molar-refractivity contribution in [1.29, 1.82) is 0 Å². The molecule has 1 aromatic rings. The monoisotopic (exact) mass is 292 g/mol. The second-order valence-corrected chi connectivity index (χ2v) is 6.29. The van der Waals surface area contributed by atoms with Crippen molar-refractivity contribution in [2.24, 2.45) is 0 Å². The van der Waals surface area contributed by atoms with Gasteiger partial charge in [0.2, 0.25) is 0 Å². The van der Waals surface area contributed by atoms with E-state index >= 15 is 0 Å². The lowest BCUT2D eigenvalue weighted by Crippen LogP contribution is -2.03. The first-order valence-electron chi connectivity index (χ1n) is 5.79. The van der Waals surface area contributed by atoms with Crippen molar-refractivity contribution in [3.05, 3.63) is 24.3 Å². The Hall–Kier alpha value is -0.780. The van der Waals surface area contributed by atoms with Gasteiger partial charge in [-0.25, -0.2) is 8.42 Å². The predicted molar refractivity (Wildman–Crippen MR) is 70.7 cm³/mol. The Morgan fingerprint density at radius 3 is 2.33 bits per heavy atom. The van der Waals surface area contributed by atoms with Gasteiger partial charge in [-0.15, -0.1) is 0 Å². The highest BCUT2D eigenvalue weighted by Gasteiger charge is 2.08. The zero-order chi connectivity index (χ0) is 13.4. The van der Waals surface area contributed by atoms with Gasteiger partial charge in [-0.05, 0) is 30.7 Å². The molecule has 0 spiro atoms. The second kappa shape index (κ2) is 7.61. The number of ether oxygens (including phenoxy) is 2. The van der Waals surface area contributed by atoms with Crippen molar-refractivity contribution in [3.63, 3.8) is 0 Å². The largest absolute Gasteiger partial charge is 0.494 e. The first-order chi connectivity index (χ1) is 8.54. The van der Waals surface area contributed by atoms with Crippen LogP contribution in [0.5, 0.6) is 5.75 Å². The standard InChI is InChI=1S/C12H17ClO4S/c1-2-8-16-9-3-10-17-11-4-6-12(7-5-11)18(13,14)15/h4-7H,2-3,8-10H2,1H3. The van der Waals surface area contributed by atoms with E-state index in [4.69, 9.17) is 20.2 Å². The Bertz CT molecular complexity index is 442. The molecule has 6 heteroatoms. The van der Waals surface area contributed by atoms with Crippen molar-refractivity contribution in [2.75, 3.05) is 19.8 Å². The van der Waals surface area contributed by atoms with E-state index in [1.807, 2.05) is 0 Å². The van der Waals surface area contributed by atoms with Gasteiger partial charge in [0.05, 0.1) is 11.5 Å². The summed E-state index contributed by atoms with van der Waals surface area (Å²) in [6.45, 7) is 4.03. The van der Waals surface area contributed by atoms with Crippen LogP contribution in [0, 0.1) is 0 Å². The molecule has 0 aliphatic carbocycles. The average Bonchev–Trinajstić information content (AvgIpc) is 2.33. The van der Waals surface area contributed by atoms with Crippen molar-refractivity contribution in [3.8, 4) is 5.75 Å². The average molecular weight is 293 g/mol. The third-order valence-corrected chi connectivity index (χ3v) is 3.53. The Morgan fingerprint density at radius 2 is 1.78 bits per heavy atom. The van der Waals surface area contributed by atoms with Gasteiger partial charge in [-0.2, -0.15) is 0 Å². The molecule has 0 aromatic heterocycles. The highest BCUT2D eigenvalue weighted by atomic mass is 35.7. The van der Waals surface area contributed by atoms with Gasteiger partial charge in [0.1, 0.15) is 5.75 Å². The van der Waals surface area contributed by atoms with Crippen LogP contribution < -0.4 is 4.74 Å². The van der Waals surface area contributed by atoms with Crippen molar-refractivity contribution < 1.29 is 17.9 Å². The first-order valence-corrected chi connectivity index (χ1v) is 8.10. The Labute approximate surface area is 112 Å². The molecule has 0 aliphatic heterocycles. The molecule has 0 fully saturated rings. The maximum Gasteiger partial charge on any atom is 0.261 e. The summed E-state index contributed by atoms with van der Waals surface area (Å²) in [7, 11) is 1.54.